The number of nitrogens with two attached hydrogens (primary N) is 1. The van der Waals surface area contributed by atoms with E-state index in [0.717, 1.165) is 57.8 Å². The Morgan fingerprint density at radius 1 is 1.00 bits per heavy atom. The molecule has 0 radical (unpaired) electrons. The van der Waals surface area contributed by atoms with Crippen molar-refractivity contribution in [1.82, 2.24) is 4.90 Å². The smallest absolute Gasteiger partial charge is 0.374 e. The van der Waals surface area contributed by atoms with Crippen LogP contribution in [-0.4, -0.2) is 81.0 Å². The Kier molecular flexibility index (Phi) is 11.1. The number of ether oxygens (including phenoxy) is 3. The quantitative estimate of drug-likeness (QED) is 0.322. The van der Waals surface area contributed by atoms with Crippen LogP contribution in [0, 0.1) is 29.6 Å². The van der Waals surface area contributed by atoms with Crippen LogP contribution >= 0.6 is 0 Å². The average molecular weight is 656 g/mol. The molecule has 47 heavy (non-hydrogen) atoms. The lowest BCUT2D eigenvalue weighted by atomic mass is 9.75. The Morgan fingerprint density at radius 2 is 1.74 bits per heavy atom. The number of anilines is 1. The van der Waals surface area contributed by atoms with Gasteiger partial charge in [0.05, 0.1) is 12.7 Å². The van der Waals surface area contributed by atoms with Crippen LogP contribution in [0.3, 0.4) is 0 Å². The van der Waals surface area contributed by atoms with Crippen LogP contribution in [-0.2, 0) is 23.8 Å². The first-order valence-corrected chi connectivity index (χ1v) is 17.6. The number of carbonyl (C=O) groups excluding carboxylic acids is 3. The van der Waals surface area contributed by atoms with Gasteiger partial charge < -0.3 is 34.6 Å². The molecular weight excluding hydrogens is 605 g/mol. The number of fused-ring (bicyclic) bond motifs is 1. The van der Waals surface area contributed by atoms with Gasteiger partial charge in [-0.25, -0.2) is 9.18 Å². The van der Waals surface area contributed by atoms with E-state index in [4.69, 9.17) is 24.4 Å². The predicted molar refractivity (Wildman–Crippen MR) is 174 cm³/mol. The number of esters is 1. The SMILES string of the molecule is COC1CCC([C@@H]2CCN(C(=O)C3CCC(C(N)CF)CC3)[C@@H]2C(=O)Nc2ccc3oc(C(=O)OCC4CCOCC4)cc3c2)CC1. The molecule has 3 heterocycles. The summed E-state index contributed by atoms with van der Waals surface area (Å²) in [6.07, 6.45) is 9.40. The average Bonchev–Trinajstić information content (AvgIpc) is 3.76. The Morgan fingerprint density at radius 3 is 2.45 bits per heavy atom. The second kappa shape index (κ2) is 15.5. The third-order valence-corrected chi connectivity index (χ3v) is 11.3. The van der Waals surface area contributed by atoms with Gasteiger partial charge in [0.25, 0.3) is 0 Å². The molecule has 0 spiro atoms. The van der Waals surface area contributed by atoms with Crippen molar-refractivity contribution in [3.05, 3.63) is 30.0 Å². The number of methoxy groups -OCH3 is 1. The number of furan rings is 1. The van der Waals surface area contributed by atoms with Gasteiger partial charge in [0.15, 0.2) is 0 Å². The Hall–Kier alpha value is -3.02. The van der Waals surface area contributed by atoms with E-state index in [1.165, 1.54) is 0 Å². The van der Waals surface area contributed by atoms with Crippen LogP contribution in [0.25, 0.3) is 11.0 Å². The van der Waals surface area contributed by atoms with E-state index in [0.29, 0.717) is 61.8 Å². The highest BCUT2D eigenvalue weighted by molar-refractivity contribution is 6.00. The fraction of sp³-hybridized carbons (Fsp3) is 0.694. The molecule has 4 aliphatic rings. The minimum absolute atomic E-state index is 0.0275. The van der Waals surface area contributed by atoms with Gasteiger partial charge in [-0.2, -0.15) is 0 Å². The van der Waals surface area contributed by atoms with Gasteiger partial charge >= 0.3 is 5.97 Å². The van der Waals surface area contributed by atoms with Crippen molar-refractivity contribution in [3.63, 3.8) is 0 Å². The van der Waals surface area contributed by atoms with Crippen LogP contribution < -0.4 is 11.1 Å². The Bertz CT molecular complexity index is 1380. The monoisotopic (exact) mass is 655 g/mol. The molecule has 2 aliphatic carbocycles. The lowest BCUT2D eigenvalue weighted by Crippen LogP contribution is -2.50. The first kappa shape index (κ1) is 33.9. The summed E-state index contributed by atoms with van der Waals surface area (Å²) < 4.78 is 35.5. The number of alkyl halides is 1. The topological polar surface area (TPSA) is 133 Å². The maximum atomic E-state index is 14.2. The van der Waals surface area contributed by atoms with Gasteiger partial charge in [-0.3, -0.25) is 9.59 Å². The van der Waals surface area contributed by atoms with Gasteiger partial charge in [0.2, 0.25) is 17.6 Å². The molecule has 2 saturated heterocycles. The van der Waals surface area contributed by atoms with Crippen molar-refractivity contribution in [1.29, 1.82) is 0 Å². The largest absolute Gasteiger partial charge is 0.460 e. The molecule has 2 aromatic rings. The van der Waals surface area contributed by atoms with E-state index in [2.05, 4.69) is 5.32 Å². The number of rotatable bonds is 10. The molecule has 2 aliphatic heterocycles. The molecule has 11 heteroatoms. The zero-order valence-electron chi connectivity index (χ0n) is 27.5. The van der Waals surface area contributed by atoms with Crippen LogP contribution in [0.1, 0.15) is 81.2 Å². The maximum absolute atomic E-state index is 14.2. The fourth-order valence-electron chi connectivity index (χ4n) is 8.42. The van der Waals surface area contributed by atoms with E-state index in [1.54, 1.807) is 31.4 Å². The van der Waals surface area contributed by atoms with Gasteiger partial charge in [-0.15, -0.1) is 0 Å². The normalized spacial score (nSPS) is 29.5. The van der Waals surface area contributed by atoms with E-state index in [1.807, 2.05) is 4.90 Å². The number of likely N-dealkylation sites (tertiary alicyclic amines) is 1. The van der Waals surface area contributed by atoms with Crippen molar-refractivity contribution in [2.45, 2.75) is 88.8 Å². The lowest BCUT2D eigenvalue weighted by molar-refractivity contribution is -0.142. The van der Waals surface area contributed by atoms with Crippen LogP contribution in [0.4, 0.5) is 10.1 Å². The minimum Gasteiger partial charge on any atom is -0.460 e. The molecular formula is C36H50FN3O7. The Balaban J connectivity index is 1.15. The highest BCUT2D eigenvalue weighted by atomic mass is 19.1. The minimum atomic E-state index is -0.576. The number of nitrogens with zero attached hydrogens (tertiary/aromatic N) is 1. The molecule has 0 bridgehead atoms. The third-order valence-electron chi connectivity index (χ3n) is 11.3. The maximum Gasteiger partial charge on any atom is 0.374 e. The van der Waals surface area contributed by atoms with Crippen molar-refractivity contribution in [2.24, 2.45) is 35.3 Å². The van der Waals surface area contributed by atoms with E-state index in [-0.39, 0.29) is 47.4 Å². The third kappa shape index (κ3) is 7.84. The second-order valence-electron chi connectivity index (χ2n) is 14.1. The van der Waals surface area contributed by atoms with Gasteiger partial charge in [0, 0.05) is 49.9 Å². The molecule has 4 fully saturated rings. The molecule has 6 rings (SSSR count). The molecule has 1 aromatic heterocycles. The summed E-state index contributed by atoms with van der Waals surface area (Å²) in [6, 6.07) is 5.88. The number of amides is 2. The van der Waals surface area contributed by atoms with Gasteiger partial charge in [-0.1, -0.05) is 0 Å². The molecule has 2 saturated carbocycles. The number of carbonyl (C=O) groups is 3. The number of nitrogens with one attached hydrogen (secondary N) is 1. The first-order valence-electron chi connectivity index (χ1n) is 17.6. The Labute approximate surface area is 276 Å². The summed E-state index contributed by atoms with van der Waals surface area (Å²) in [5.74, 6) is 0.0427. The van der Waals surface area contributed by atoms with Gasteiger partial charge in [0.1, 0.15) is 18.3 Å². The molecule has 3 atom stereocenters. The second-order valence-corrected chi connectivity index (χ2v) is 14.1. The van der Waals surface area contributed by atoms with Crippen LogP contribution in [0.15, 0.2) is 28.7 Å². The van der Waals surface area contributed by atoms with Crippen molar-refractivity contribution >= 4 is 34.4 Å². The van der Waals surface area contributed by atoms with E-state index in [9.17, 15) is 18.8 Å². The summed E-state index contributed by atoms with van der Waals surface area (Å²) in [4.78, 5) is 42.7. The standard InChI is InChI=1S/C36H50FN3O7/c1-44-28-9-6-23(7-10-28)29-12-15-40(35(42)25-4-2-24(3-5-25)30(38)20-37)33(29)34(41)39-27-8-11-31-26(18-27)19-32(47-31)36(43)46-21-22-13-16-45-17-14-22/h8,11,18-19,22-25,28-30,33H,2-7,9-10,12-17,20-21,38H2,1H3,(H,39,41)/t23?,24?,25?,28?,29-,30?,33-/m0/s1. The fourth-order valence-corrected chi connectivity index (χ4v) is 8.42. The highest BCUT2D eigenvalue weighted by Crippen LogP contribution is 2.42. The summed E-state index contributed by atoms with van der Waals surface area (Å²) in [5.41, 5.74) is 7.07. The first-order chi connectivity index (χ1) is 22.8. The predicted octanol–water partition coefficient (Wildman–Crippen LogP) is 5.48. The summed E-state index contributed by atoms with van der Waals surface area (Å²) >= 11 is 0. The number of halogens is 1. The van der Waals surface area contributed by atoms with Crippen molar-refractivity contribution in [3.8, 4) is 0 Å². The van der Waals surface area contributed by atoms with E-state index >= 15 is 0 Å². The van der Waals surface area contributed by atoms with Gasteiger partial charge in [-0.05, 0) is 119 Å². The summed E-state index contributed by atoms with van der Waals surface area (Å²) in [7, 11) is 1.75. The number of benzene rings is 1. The summed E-state index contributed by atoms with van der Waals surface area (Å²) in [5, 5.41) is 3.78. The molecule has 2 amide bonds. The molecule has 258 valence electrons. The summed E-state index contributed by atoms with van der Waals surface area (Å²) in [6.45, 7) is 1.70. The van der Waals surface area contributed by atoms with E-state index < -0.39 is 24.7 Å². The lowest BCUT2D eigenvalue weighted by Gasteiger charge is -2.37. The highest BCUT2D eigenvalue weighted by Gasteiger charge is 2.47. The zero-order chi connectivity index (χ0) is 32.9. The number of hydrogen-bond acceptors (Lipinski definition) is 8. The van der Waals surface area contributed by atoms with Crippen LogP contribution in [0.5, 0.6) is 0 Å². The molecule has 1 unspecified atom stereocenters. The number of hydrogen-bond donors (Lipinski definition) is 2. The molecule has 10 nitrogen and oxygen atoms in total. The molecule has 3 N–H and O–H groups in total. The van der Waals surface area contributed by atoms with Crippen LogP contribution in [0.2, 0.25) is 0 Å². The zero-order valence-corrected chi connectivity index (χ0v) is 27.5. The van der Waals surface area contributed by atoms with Crippen molar-refractivity contribution < 1.29 is 37.4 Å². The molecule has 1 aromatic carbocycles. The van der Waals surface area contributed by atoms with Crippen molar-refractivity contribution in [2.75, 3.05) is 45.5 Å².